The molecule has 0 aromatic heterocycles. The fraction of sp³-hybridized carbons (Fsp3) is 0.818. The lowest BCUT2D eigenvalue weighted by molar-refractivity contribution is -0.129. The first-order valence-electron chi connectivity index (χ1n) is 5.64. The molecule has 0 spiro atoms. The molecule has 1 rings (SSSR count). The van der Waals surface area contributed by atoms with Crippen LogP contribution in [0.5, 0.6) is 0 Å². The first-order valence-corrected chi connectivity index (χ1v) is 5.64. The van der Waals surface area contributed by atoms with E-state index in [-0.39, 0.29) is 11.8 Å². The third-order valence-electron chi connectivity index (χ3n) is 2.75. The van der Waals surface area contributed by atoms with Gasteiger partial charge in [0.25, 0.3) is 0 Å². The Morgan fingerprint density at radius 1 is 1.62 bits per heavy atom. The molecule has 1 heterocycles. The lowest BCUT2D eigenvalue weighted by Crippen LogP contribution is -2.45. The van der Waals surface area contributed by atoms with E-state index in [2.05, 4.69) is 5.32 Å². The van der Waals surface area contributed by atoms with Crippen LogP contribution in [-0.2, 0) is 14.3 Å². The van der Waals surface area contributed by atoms with Crippen molar-refractivity contribution in [2.45, 2.75) is 13.3 Å². The van der Waals surface area contributed by atoms with Crippen LogP contribution in [-0.4, -0.2) is 56.5 Å². The molecule has 1 saturated heterocycles. The van der Waals surface area contributed by atoms with Gasteiger partial charge in [-0.1, -0.05) is 6.92 Å². The molecule has 0 aliphatic carbocycles. The standard InChI is InChI=1S/C11H20N2O3/c1-9-7-13(5-3-10(9)14)8-11(15)12-4-6-16-2/h9H,3-8H2,1-2H3,(H,12,15). The van der Waals surface area contributed by atoms with Crippen LogP contribution in [0, 0.1) is 5.92 Å². The number of rotatable bonds is 5. The molecule has 1 unspecified atom stereocenters. The number of hydrogen-bond acceptors (Lipinski definition) is 4. The molecular formula is C11H20N2O3. The minimum Gasteiger partial charge on any atom is -0.383 e. The predicted octanol–water partition coefficient (Wildman–Crippen LogP) is -0.340. The average molecular weight is 228 g/mol. The van der Waals surface area contributed by atoms with Gasteiger partial charge in [-0.05, 0) is 0 Å². The van der Waals surface area contributed by atoms with Gasteiger partial charge in [-0.15, -0.1) is 0 Å². The van der Waals surface area contributed by atoms with E-state index in [1.165, 1.54) is 0 Å². The van der Waals surface area contributed by atoms with Gasteiger partial charge < -0.3 is 10.1 Å². The number of methoxy groups -OCH3 is 1. The largest absolute Gasteiger partial charge is 0.383 e. The van der Waals surface area contributed by atoms with Gasteiger partial charge >= 0.3 is 0 Å². The molecule has 16 heavy (non-hydrogen) atoms. The van der Waals surface area contributed by atoms with Crippen molar-refractivity contribution in [1.29, 1.82) is 0 Å². The van der Waals surface area contributed by atoms with Gasteiger partial charge in [-0.3, -0.25) is 14.5 Å². The second-order valence-corrected chi connectivity index (χ2v) is 4.20. The first kappa shape index (κ1) is 13.1. The Kier molecular flexibility index (Phi) is 5.42. The molecule has 1 atom stereocenters. The number of carbonyl (C=O) groups excluding carboxylic acids is 2. The van der Waals surface area contributed by atoms with Crippen LogP contribution in [0.15, 0.2) is 0 Å². The molecule has 0 radical (unpaired) electrons. The van der Waals surface area contributed by atoms with E-state index in [0.29, 0.717) is 45.0 Å². The number of carbonyl (C=O) groups is 2. The molecule has 1 amide bonds. The van der Waals surface area contributed by atoms with Gasteiger partial charge in [0.05, 0.1) is 13.2 Å². The number of amides is 1. The molecule has 0 bridgehead atoms. The van der Waals surface area contributed by atoms with E-state index in [1.54, 1.807) is 7.11 Å². The van der Waals surface area contributed by atoms with Crippen molar-refractivity contribution in [3.8, 4) is 0 Å². The summed E-state index contributed by atoms with van der Waals surface area (Å²) in [7, 11) is 1.60. The summed E-state index contributed by atoms with van der Waals surface area (Å²) in [4.78, 5) is 24.8. The Morgan fingerprint density at radius 2 is 2.38 bits per heavy atom. The summed E-state index contributed by atoms with van der Waals surface area (Å²) in [5, 5.41) is 2.77. The molecule has 1 aliphatic heterocycles. The second-order valence-electron chi connectivity index (χ2n) is 4.20. The van der Waals surface area contributed by atoms with Crippen LogP contribution >= 0.6 is 0 Å². The Morgan fingerprint density at radius 3 is 3.00 bits per heavy atom. The smallest absolute Gasteiger partial charge is 0.234 e. The lowest BCUT2D eigenvalue weighted by atomic mass is 9.99. The molecular weight excluding hydrogens is 208 g/mol. The van der Waals surface area contributed by atoms with Gasteiger partial charge in [0.15, 0.2) is 0 Å². The Labute approximate surface area is 96.1 Å². The highest BCUT2D eigenvalue weighted by Crippen LogP contribution is 2.11. The summed E-state index contributed by atoms with van der Waals surface area (Å²) in [6.07, 6.45) is 0.562. The van der Waals surface area contributed by atoms with E-state index < -0.39 is 0 Å². The van der Waals surface area contributed by atoms with Gasteiger partial charge in [0.1, 0.15) is 5.78 Å². The summed E-state index contributed by atoms with van der Waals surface area (Å²) < 4.78 is 4.84. The summed E-state index contributed by atoms with van der Waals surface area (Å²) >= 11 is 0. The van der Waals surface area contributed by atoms with Crippen molar-refractivity contribution in [3.63, 3.8) is 0 Å². The minimum absolute atomic E-state index is 0.00130. The fourth-order valence-corrected chi connectivity index (χ4v) is 1.79. The Bertz CT molecular complexity index is 256. The summed E-state index contributed by atoms with van der Waals surface area (Å²) in [6, 6.07) is 0. The molecule has 5 nitrogen and oxygen atoms in total. The van der Waals surface area contributed by atoms with Gasteiger partial charge in [0.2, 0.25) is 5.91 Å². The monoisotopic (exact) mass is 228 g/mol. The summed E-state index contributed by atoms with van der Waals surface area (Å²) in [6.45, 7) is 4.74. The van der Waals surface area contributed by atoms with Crippen LogP contribution in [0.1, 0.15) is 13.3 Å². The molecule has 1 aliphatic rings. The second kappa shape index (κ2) is 6.60. The van der Waals surface area contributed by atoms with E-state index in [1.807, 2.05) is 11.8 Å². The highest BCUT2D eigenvalue weighted by molar-refractivity contribution is 5.82. The molecule has 1 N–H and O–H groups in total. The molecule has 5 heteroatoms. The third kappa shape index (κ3) is 4.28. The number of ketones is 1. The van der Waals surface area contributed by atoms with Crippen molar-refractivity contribution >= 4 is 11.7 Å². The van der Waals surface area contributed by atoms with Gasteiger partial charge in [0, 0.05) is 39.1 Å². The number of ether oxygens (including phenoxy) is 1. The highest BCUT2D eigenvalue weighted by Gasteiger charge is 2.24. The van der Waals surface area contributed by atoms with E-state index in [9.17, 15) is 9.59 Å². The summed E-state index contributed by atoms with van der Waals surface area (Å²) in [5.74, 6) is 0.357. The van der Waals surface area contributed by atoms with Crippen LogP contribution in [0.2, 0.25) is 0 Å². The average Bonchev–Trinajstić information content (AvgIpc) is 2.24. The van der Waals surface area contributed by atoms with E-state index >= 15 is 0 Å². The highest BCUT2D eigenvalue weighted by atomic mass is 16.5. The van der Waals surface area contributed by atoms with E-state index in [0.717, 1.165) is 0 Å². The lowest BCUT2D eigenvalue weighted by Gasteiger charge is -2.29. The molecule has 0 aromatic rings. The maximum atomic E-state index is 11.5. The SMILES string of the molecule is COCCNC(=O)CN1CCC(=O)C(C)C1. The van der Waals surface area contributed by atoms with Crippen molar-refractivity contribution in [2.75, 3.05) is 39.9 Å². The fourth-order valence-electron chi connectivity index (χ4n) is 1.79. The van der Waals surface area contributed by atoms with Crippen LogP contribution in [0.4, 0.5) is 0 Å². The first-order chi connectivity index (χ1) is 7.63. The number of nitrogens with one attached hydrogen (secondary N) is 1. The van der Waals surface area contributed by atoms with Gasteiger partial charge in [-0.2, -0.15) is 0 Å². The van der Waals surface area contributed by atoms with Crippen LogP contribution in [0.25, 0.3) is 0 Å². The zero-order chi connectivity index (χ0) is 12.0. The number of nitrogens with zero attached hydrogens (tertiary/aromatic N) is 1. The predicted molar refractivity (Wildman–Crippen MR) is 60.1 cm³/mol. The summed E-state index contributed by atoms with van der Waals surface area (Å²) in [5.41, 5.74) is 0. The topological polar surface area (TPSA) is 58.6 Å². The number of likely N-dealkylation sites (tertiary alicyclic amines) is 1. The van der Waals surface area contributed by atoms with Crippen molar-refractivity contribution in [1.82, 2.24) is 10.2 Å². The molecule has 92 valence electrons. The minimum atomic E-state index is -0.00130. The van der Waals surface area contributed by atoms with Crippen molar-refractivity contribution in [2.24, 2.45) is 5.92 Å². The number of Topliss-reactive ketones (excluding diaryl/α,β-unsaturated/α-hetero) is 1. The number of hydrogen-bond donors (Lipinski definition) is 1. The molecule has 0 saturated carbocycles. The Balaban J connectivity index is 2.21. The molecule has 1 fully saturated rings. The van der Waals surface area contributed by atoms with Crippen LogP contribution in [0.3, 0.4) is 0 Å². The van der Waals surface area contributed by atoms with E-state index in [4.69, 9.17) is 4.74 Å². The molecule has 0 aromatic carbocycles. The zero-order valence-corrected chi connectivity index (χ0v) is 9.99. The third-order valence-corrected chi connectivity index (χ3v) is 2.75. The number of piperidine rings is 1. The maximum Gasteiger partial charge on any atom is 0.234 e. The van der Waals surface area contributed by atoms with Crippen LogP contribution < -0.4 is 5.32 Å². The normalized spacial score (nSPS) is 22.1. The van der Waals surface area contributed by atoms with Crippen molar-refractivity contribution in [3.05, 3.63) is 0 Å². The maximum absolute atomic E-state index is 11.5. The zero-order valence-electron chi connectivity index (χ0n) is 9.99. The van der Waals surface area contributed by atoms with Gasteiger partial charge in [-0.25, -0.2) is 0 Å². The quantitative estimate of drug-likeness (QED) is 0.654. The Hall–Kier alpha value is -0.940. The van der Waals surface area contributed by atoms with Crippen molar-refractivity contribution < 1.29 is 14.3 Å².